The highest BCUT2D eigenvalue weighted by molar-refractivity contribution is 7.99. The second kappa shape index (κ2) is 7.26. The van der Waals surface area contributed by atoms with E-state index in [-0.39, 0.29) is 12.3 Å². The Morgan fingerprint density at radius 1 is 1.31 bits per heavy atom. The molecule has 4 rings (SSSR count). The zero-order valence-electron chi connectivity index (χ0n) is 14.6. The summed E-state index contributed by atoms with van der Waals surface area (Å²) in [6.45, 7) is 3.24. The van der Waals surface area contributed by atoms with Gasteiger partial charge in [0.05, 0.1) is 18.3 Å². The van der Waals surface area contributed by atoms with Gasteiger partial charge in [0.15, 0.2) is 5.69 Å². The van der Waals surface area contributed by atoms with E-state index in [1.165, 1.54) is 5.56 Å². The predicted molar refractivity (Wildman–Crippen MR) is 104 cm³/mol. The molecule has 1 aliphatic heterocycles. The maximum Gasteiger partial charge on any atom is 0.354 e. The summed E-state index contributed by atoms with van der Waals surface area (Å²) >= 11 is 1.99. The third-order valence-corrected chi connectivity index (χ3v) is 5.78. The molecule has 26 heavy (non-hydrogen) atoms. The van der Waals surface area contributed by atoms with Crippen molar-refractivity contribution in [3.8, 4) is 0 Å². The molecule has 3 aromatic rings. The van der Waals surface area contributed by atoms with Crippen molar-refractivity contribution in [1.29, 1.82) is 0 Å². The lowest BCUT2D eigenvalue weighted by molar-refractivity contribution is 0.0685. The zero-order chi connectivity index (χ0) is 18.1. The van der Waals surface area contributed by atoms with Crippen LogP contribution in [0.2, 0.25) is 0 Å². The predicted octanol–water partition coefficient (Wildman–Crippen LogP) is 3.11. The van der Waals surface area contributed by atoms with Crippen molar-refractivity contribution < 1.29 is 14.6 Å². The van der Waals surface area contributed by atoms with Crippen LogP contribution < -0.4 is 0 Å². The van der Waals surface area contributed by atoms with Crippen LogP contribution in [0.15, 0.2) is 24.4 Å². The number of thioether (sulfide) groups is 1. The lowest BCUT2D eigenvalue weighted by Crippen LogP contribution is -2.32. The first-order valence-electron chi connectivity index (χ1n) is 8.62. The lowest BCUT2D eigenvalue weighted by atomic mass is 10.0. The van der Waals surface area contributed by atoms with Gasteiger partial charge in [-0.2, -0.15) is 11.8 Å². The number of aromatic amines is 1. The molecule has 0 saturated carbocycles. The van der Waals surface area contributed by atoms with E-state index in [9.17, 15) is 9.90 Å². The van der Waals surface area contributed by atoms with E-state index >= 15 is 0 Å². The SMILES string of the molecule is COCc1c(C(=O)O)ncc2[nH]c3cccc(CN4CCSCC4)c3c12. The fraction of sp³-hybridized carbons (Fsp3) is 0.368. The van der Waals surface area contributed by atoms with Crippen LogP contribution in [0.5, 0.6) is 0 Å². The molecule has 0 radical (unpaired) electrons. The third-order valence-electron chi connectivity index (χ3n) is 4.84. The van der Waals surface area contributed by atoms with Crippen LogP contribution in [0.25, 0.3) is 21.8 Å². The Balaban J connectivity index is 1.92. The Kier molecular flexibility index (Phi) is 4.84. The Hall–Kier alpha value is -2.09. The van der Waals surface area contributed by atoms with Crippen LogP contribution in [0.1, 0.15) is 21.6 Å². The Bertz CT molecular complexity index is 963. The maximum atomic E-state index is 11.7. The van der Waals surface area contributed by atoms with Gasteiger partial charge in [0.2, 0.25) is 0 Å². The third kappa shape index (κ3) is 3.06. The van der Waals surface area contributed by atoms with Crippen molar-refractivity contribution in [3.63, 3.8) is 0 Å². The van der Waals surface area contributed by atoms with E-state index in [0.29, 0.717) is 5.56 Å². The molecular formula is C19H21N3O3S. The number of aromatic nitrogens is 2. The summed E-state index contributed by atoms with van der Waals surface area (Å²) in [5, 5.41) is 11.5. The van der Waals surface area contributed by atoms with Crippen LogP contribution in [0.4, 0.5) is 0 Å². The number of rotatable bonds is 5. The molecular weight excluding hydrogens is 350 g/mol. The fourth-order valence-electron chi connectivity index (χ4n) is 3.68. The molecule has 6 nitrogen and oxygen atoms in total. The molecule has 2 aromatic heterocycles. The molecule has 1 aliphatic rings. The number of carboxylic acids is 1. The van der Waals surface area contributed by atoms with Crippen LogP contribution in [-0.4, -0.2) is 57.6 Å². The molecule has 3 heterocycles. The van der Waals surface area contributed by atoms with Gasteiger partial charge in [-0.25, -0.2) is 9.78 Å². The normalized spacial score (nSPS) is 15.7. The lowest BCUT2D eigenvalue weighted by Gasteiger charge is -2.26. The summed E-state index contributed by atoms with van der Waals surface area (Å²) in [4.78, 5) is 21.6. The summed E-state index contributed by atoms with van der Waals surface area (Å²) in [6, 6.07) is 6.21. The summed E-state index contributed by atoms with van der Waals surface area (Å²) in [7, 11) is 1.58. The summed E-state index contributed by atoms with van der Waals surface area (Å²) < 4.78 is 5.30. The van der Waals surface area contributed by atoms with Crippen molar-refractivity contribution in [1.82, 2.24) is 14.9 Å². The van der Waals surface area contributed by atoms with Crippen LogP contribution >= 0.6 is 11.8 Å². The van der Waals surface area contributed by atoms with Gasteiger partial charge >= 0.3 is 5.97 Å². The van der Waals surface area contributed by atoms with Gasteiger partial charge < -0.3 is 14.8 Å². The molecule has 2 N–H and O–H groups in total. The highest BCUT2D eigenvalue weighted by atomic mass is 32.2. The number of nitrogens with one attached hydrogen (secondary N) is 1. The van der Waals surface area contributed by atoms with Crippen LogP contribution in [0.3, 0.4) is 0 Å². The number of ether oxygens (including phenoxy) is 1. The van der Waals surface area contributed by atoms with E-state index in [1.54, 1.807) is 13.3 Å². The Morgan fingerprint density at radius 3 is 2.85 bits per heavy atom. The van der Waals surface area contributed by atoms with E-state index in [4.69, 9.17) is 4.74 Å². The maximum absolute atomic E-state index is 11.7. The van der Waals surface area contributed by atoms with E-state index in [2.05, 4.69) is 20.9 Å². The Morgan fingerprint density at radius 2 is 2.12 bits per heavy atom. The number of methoxy groups -OCH3 is 1. The minimum absolute atomic E-state index is 0.0597. The number of nitrogens with zero attached hydrogens (tertiary/aromatic N) is 2. The standard InChI is InChI=1S/C19H21N3O3S/c1-25-11-13-17-15(9-20-18(13)19(23)24)21-14-4-2-3-12(16(14)17)10-22-5-7-26-8-6-22/h2-4,9,21H,5-8,10-11H2,1H3,(H,23,24). The van der Waals surface area contributed by atoms with E-state index in [1.807, 2.05) is 23.9 Å². The van der Waals surface area contributed by atoms with Gasteiger partial charge in [-0.05, 0) is 11.6 Å². The van der Waals surface area contributed by atoms with Gasteiger partial charge in [-0.3, -0.25) is 4.90 Å². The largest absolute Gasteiger partial charge is 0.477 e. The van der Waals surface area contributed by atoms with Crippen molar-refractivity contribution in [2.75, 3.05) is 31.7 Å². The molecule has 136 valence electrons. The summed E-state index contributed by atoms with van der Waals surface area (Å²) in [5.74, 6) is 1.29. The van der Waals surface area contributed by atoms with Crippen LogP contribution in [-0.2, 0) is 17.9 Å². The monoisotopic (exact) mass is 371 g/mol. The van der Waals surface area contributed by atoms with Gasteiger partial charge in [0, 0.05) is 60.1 Å². The van der Waals surface area contributed by atoms with Crippen molar-refractivity contribution >= 4 is 39.5 Å². The molecule has 0 spiro atoms. The van der Waals surface area contributed by atoms with Gasteiger partial charge in [-0.1, -0.05) is 12.1 Å². The number of carbonyl (C=O) groups is 1. The molecule has 0 amide bonds. The number of carboxylic acid groups (broad SMARTS) is 1. The topological polar surface area (TPSA) is 78.5 Å². The van der Waals surface area contributed by atoms with Gasteiger partial charge in [0.1, 0.15) is 0 Å². The Labute approximate surface area is 155 Å². The van der Waals surface area contributed by atoms with Gasteiger partial charge in [-0.15, -0.1) is 0 Å². The summed E-state index contributed by atoms with van der Waals surface area (Å²) in [6.07, 6.45) is 1.61. The second-order valence-corrected chi connectivity index (χ2v) is 7.69. The number of hydrogen-bond acceptors (Lipinski definition) is 5. The number of benzene rings is 1. The molecule has 0 unspecified atom stereocenters. The number of aromatic carboxylic acids is 1. The van der Waals surface area contributed by atoms with Crippen molar-refractivity contribution in [2.45, 2.75) is 13.2 Å². The number of hydrogen-bond donors (Lipinski definition) is 2. The molecule has 1 saturated heterocycles. The molecule has 0 aliphatic carbocycles. The molecule has 1 fully saturated rings. The van der Waals surface area contributed by atoms with Crippen LogP contribution in [0, 0.1) is 0 Å². The average molecular weight is 371 g/mol. The van der Waals surface area contributed by atoms with E-state index < -0.39 is 5.97 Å². The smallest absolute Gasteiger partial charge is 0.354 e. The highest BCUT2D eigenvalue weighted by Gasteiger charge is 2.21. The molecule has 7 heteroatoms. The highest BCUT2D eigenvalue weighted by Crippen LogP contribution is 2.33. The molecule has 0 atom stereocenters. The summed E-state index contributed by atoms with van der Waals surface area (Å²) in [5.41, 5.74) is 3.75. The minimum atomic E-state index is -1.03. The minimum Gasteiger partial charge on any atom is -0.477 e. The quantitative estimate of drug-likeness (QED) is 0.717. The molecule has 1 aromatic carbocycles. The first-order chi connectivity index (χ1) is 12.7. The van der Waals surface area contributed by atoms with E-state index in [0.717, 1.165) is 52.9 Å². The number of pyridine rings is 1. The zero-order valence-corrected chi connectivity index (χ0v) is 15.4. The second-order valence-electron chi connectivity index (χ2n) is 6.47. The van der Waals surface area contributed by atoms with Crippen molar-refractivity contribution in [3.05, 3.63) is 41.2 Å². The number of fused-ring (bicyclic) bond motifs is 3. The molecule has 0 bridgehead atoms. The first-order valence-corrected chi connectivity index (χ1v) is 9.78. The first kappa shape index (κ1) is 17.3. The van der Waals surface area contributed by atoms with Gasteiger partial charge in [0.25, 0.3) is 0 Å². The number of H-pyrrole nitrogens is 1. The average Bonchev–Trinajstić information content (AvgIpc) is 3.03. The van der Waals surface area contributed by atoms with Crippen molar-refractivity contribution in [2.24, 2.45) is 0 Å². The fourth-order valence-corrected chi connectivity index (χ4v) is 4.66.